The van der Waals surface area contributed by atoms with E-state index in [0.717, 1.165) is 38.7 Å². The molecular weight excluding hydrogens is 204 g/mol. The van der Waals surface area contributed by atoms with E-state index in [0.29, 0.717) is 0 Å². The van der Waals surface area contributed by atoms with Crippen LogP contribution in [0, 0.1) is 11.8 Å². The van der Waals surface area contributed by atoms with E-state index >= 15 is 0 Å². The van der Waals surface area contributed by atoms with Crippen LogP contribution in [0.15, 0.2) is 0 Å². The van der Waals surface area contributed by atoms with Crippen molar-refractivity contribution in [3.8, 4) is 11.8 Å². The molecule has 0 radical (unpaired) electrons. The number of aliphatic hydroxyl groups excluding tert-OH is 1. The van der Waals surface area contributed by atoms with Gasteiger partial charge in [-0.15, -0.1) is 0 Å². The zero-order valence-corrected chi connectivity index (χ0v) is 9.82. The zero-order chi connectivity index (χ0) is 11.4. The molecule has 0 saturated carbocycles. The van der Waals surface area contributed by atoms with E-state index in [1.165, 1.54) is 0 Å². The Labute approximate surface area is 97.1 Å². The molecule has 90 valence electrons. The Morgan fingerprint density at radius 2 is 2.00 bits per heavy atom. The first-order valence-electron chi connectivity index (χ1n) is 6.22. The molecule has 0 amide bonds. The van der Waals surface area contributed by atoms with Gasteiger partial charge in [0.1, 0.15) is 12.2 Å². The second kappa shape index (κ2) is 5.67. The van der Waals surface area contributed by atoms with Gasteiger partial charge in [-0.3, -0.25) is 0 Å². The second-order valence-corrected chi connectivity index (χ2v) is 4.61. The van der Waals surface area contributed by atoms with Crippen molar-refractivity contribution in [2.45, 2.75) is 63.4 Å². The number of hydrogen-bond acceptors (Lipinski definition) is 3. The van der Waals surface area contributed by atoms with Gasteiger partial charge in [0, 0.05) is 6.61 Å². The van der Waals surface area contributed by atoms with Crippen LogP contribution in [0.25, 0.3) is 0 Å². The van der Waals surface area contributed by atoms with Gasteiger partial charge in [0.05, 0.1) is 12.2 Å². The highest BCUT2D eigenvalue weighted by Gasteiger charge is 2.31. The van der Waals surface area contributed by atoms with Crippen LogP contribution < -0.4 is 0 Å². The minimum Gasteiger partial charge on any atom is -0.381 e. The maximum absolute atomic E-state index is 9.13. The Morgan fingerprint density at radius 3 is 2.81 bits per heavy atom. The smallest absolute Gasteiger partial charge is 0.118 e. The van der Waals surface area contributed by atoms with Gasteiger partial charge in [0.2, 0.25) is 0 Å². The van der Waals surface area contributed by atoms with Gasteiger partial charge in [0.15, 0.2) is 0 Å². The van der Waals surface area contributed by atoms with Crippen LogP contribution >= 0.6 is 0 Å². The van der Waals surface area contributed by atoms with E-state index in [9.17, 15) is 0 Å². The molecule has 2 fully saturated rings. The van der Waals surface area contributed by atoms with Crippen molar-refractivity contribution in [1.82, 2.24) is 0 Å². The molecule has 1 N–H and O–H groups in total. The molecule has 2 aliphatic rings. The van der Waals surface area contributed by atoms with Crippen LogP contribution in [0.3, 0.4) is 0 Å². The SMILES string of the molecule is CC(O)C#CC1CCC[C@H]2OCCC[C@@H]2O1. The highest BCUT2D eigenvalue weighted by molar-refractivity contribution is 5.09. The lowest BCUT2D eigenvalue weighted by Gasteiger charge is -2.30. The van der Waals surface area contributed by atoms with E-state index < -0.39 is 6.10 Å². The van der Waals surface area contributed by atoms with Crippen LogP contribution in [0.4, 0.5) is 0 Å². The topological polar surface area (TPSA) is 38.7 Å². The van der Waals surface area contributed by atoms with E-state index in [1.807, 2.05) is 0 Å². The molecule has 2 saturated heterocycles. The first-order chi connectivity index (χ1) is 7.75. The normalized spacial score (nSPS) is 36.5. The molecule has 4 atom stereocenters. The lowest BCUT2D eigenvalue weighted by molar-refractivity contribution is -0.108. The predicted molar refractivity (Wildman–Crippen MR) is 60.9 cm³/mol. The molecule has 3 heteroatoms. The molecule has 0 aromatic rings. The fourth-order valence-electron chi connectivity index (χ4n) is 2.34. The van der Waals surface area contributed by atoms with Gasteiger partial charge >= 0.3 is 0 Å². The van der Waals surface area contributed by atoms with E-state index in [1.54, 1.807) is 6.92 Å². The third kappa shape index (κ3) is 3.21. The summed E-state index contributed by atoms with van der Waals surface area (Å²) in [6, 6.07) is 0. The van der Waals surface area contributed by atoms with Crippen molar-refractivity contribution < 1.29 is 14.6 Å². The second-order valence-electron chi connectivity index (χ2n) is 4.61. The van der Waals surface area contributed by atoms with Gasteiger partial charge in [-0.2, -0.15) is 0 Å². The van der Waals surface area contributed by atoms with Crippen LogP contribution in [-0.2, 0) is 9.47 Å². The first-order valence-corrected chi connectivity index (χ1v) is 6.22. The summed E-state index contributed by atoms with van der Waals surface area (Å²) in [5.41, 5.74) is 0. The highest BCUT2D eigenvalue weighted by atomic mass is 16.5. The third-order valence-corrected chi connectivity index (χ3v) is 3.13. The van der Waals surface area contributed by atoms with Gasteiger partial charge < -0.3 is 14.6 Å². The summed E-state index contributed by atoms with van der Waals surface area (Å²) in [6.45, 7) is 2.55. The molecule has 0 bridgehead atoms. The number of fused-ring (bicyclic) bond motifs is 1. The van der Waals surface area contributed by atoms with E-state index in [4.69, 9.17) is 14.6 Å². The summed E-state index contributed by atoms with van der Waals surface area (Å²) in [5.74, 6) is 5.79. The molecule has 2 rings (SSSR count). The van der Waals surface area contributed by atoms with Gasteiger partial charge in [0.25, 0.3) is 0 Å². The minimum absolute atomic E-state index is 0.0219. The molecule has 0 aliphatic carbocycles. The fourth-order valence-corrected chi connectivity index (χ4v) is 2.34. The molecule has 2 aliphatic heterocycles. The number of rotatable bonds is 0. The lowest BCUT2D eigenvalue weighted by Crippen LogP contribution is -2.36. The Hall–Kier alpha value is -0.560. The van der Waals surface area contributed by atoms with Crippen molar-refractivity contribution >= 4 is 0 Å². The average molecular weight is 224 g/mol. The molecule has 0 aromatic carbocycles. The average Bonchev–Trinajstić information content (AvgIpc) is 2.47. The maximum atomic E-state index is 9.13. The monoisotopic (exact) mass is 224 g/mol. The zero-order valence-electron chi connectivity index (χ0n) is 9.82. The molecule has 16 heavy (non-hydrogen) atoms. The fraction of sp³-hybridized carbons (Fsp3) is 0.846. The van der Waals surface area contributed by atoms with Crippen molar-refractivity contribution in [3.05, 3.63) is 0 Å². The molecular formula is C13H20O3. The van der Waals surface area contributed by atoms with Gasteiger partial charge in [-0.05, 0) is 39.0 Å². The Balaban J connectivity index is 1.95. The number of hydrogen-bond donors (Lipinski definition) is 1. The van der Waals surface area contributed by atoms with Crippen LogP contribution in [0.2, 0.25) is 0 Å². The van der Waals surface area contributed by atoms with Gasteiger partial charge in [-0.25, -0.2) is 0 Å². The summed E-state index contributed by atoms with van der Waals surface area (Å²) in [7, 11) is 0. The molecule has 2 unspecified atom stereocenters. The first kappa shape index (κ1) is 11.9. The largest absolute Gasteiger partial charge is 0.381 e. The molecule has 3 nitrogen and oxygen atoms in total. The maximum Gasteiger partial charge on any atom is 0.118 e. The van der Waals surface area contributed by atoms with Gasteiger partial charge in [-0.1, -0.05) is 11.8 Å². The van der Waals surface area contributed by atoms with E-state index in [2.05, 4.69) is 11.8 Å². The third-order valence-electron chi connectivity index (χ3n) is 3.13. The Bertz CT molecular complexity index is 277. The summed E-state index contributed by atoms with van der Waals surface area (Å²) >= 11 is 0. The van der Waals surface area contributed by atoms with E-state index in [-0.39, 0.29) is 18.3 Å². The van der Waals surface area contributed by atoms with Crippen molar-refractivity contribution in [3.63, 3.8) is 0 Å². The summed E-state index contributed by atoms with van der Waals surface area (Å²) in [4.78, 5) is 0. The lowest BCUT2D eigenvalue weighted by atomic mass is 10.0. The van der Waals surface area contributed by atoms with Crippen LogP contribution in [0.5, 0.6) is 0 Å². The van der Waals surface area contributed by atoms with Crippen molar-refractivity contribution in [2.24, 2.45) is 0 Å². The Kier molecular flexibility index (Phi) is 4.22. The molecule has 0 aromatic heterocycles. The van der Waals surface area contributed by atoms with Crippen LogP contribution in [0.1, 0.15) is 39.0 Å². The number of ether oxygens (including phenoxy) is 2. The molecule has 2 heterocycles. The predicted octanol–water partition coefficient (Wildman–Crippen LogP) is 1.49. The van der Waals surface area contributed by atoms with Crippen molar-refractivity contribution in [2.75, 3.05) is 6.61 Å². The summed E-state index contributed by atoms with van der Waals surface area (Å²) < 4.78 is 11.7. The number of aliphatic hydroxyl groups is 1. The molecule has 0 spiro atoms. The minimum atomic E-state index is -0.565. The Morgan fingerprint density at radius 1 is 1.19 bits per heavy atom. The highest BCUT2D eigenvalue weighted by Crippen LogP contribution is 2.27. The quantitative estimate of drug-likeness (QED) is 0.634. The standard InChI is InChI=1S/C13H20O3/c1-10(14)7-8-11-4-2-5-12-13(16-11)6-3-9-15-12/h10-14H,2-6,9H2,1H3/t10?,11?,12-,13+/m1/s1. The summed E-state index contributed by atoms with van der Waals surface area (Å²) in [6.07, 6.45) is 5.19. The summed E-state index contributed by atoms with van der Waals surface area (Å²) in [5, 5.41) is 9.13. The van der Waals surface area contributed by atoms with Crippen molar-refractivity contribution in [1.29, 1.82) is 0 Å². The van der Waals surface area contributed by atoms with Crippen LogP contribution in [-0.4, -0.2) is 36.1 Å².